The number of rotatable bonds is 41. The van der Waals surface area contributed by atoms with Gasteiger partial charge in [-0.1, -0.05) is 169 Å². The number of esters is 1. The zero-order valence-corrected chi connectivity index (χ0v) is 35.8. The highest BCUT2D eigenvalue weighted by Gasteiger charge is 2.15. The second-order valence-electron chi connectivity index (χ2n) is 15.9. The fraction of sp³-hybridized carbons (Fsp3) is 0.957. The van der Waals surface area contributed by atoms with Crippen LogP contribution in [0.4, 0.5) is 4.79 Å². The second kappa shape index (κ2) is 40.9. The maximum absolute atomic E-state index is 12.7. The maximum atomic E-state index is 12.7. The lowest BCUT2D eigenvalue weighted by atomic mass is 10.0. The SMILES string of the molecule is CCCCCCCCCCC(C)OC(=O)OCCCCCCN(CC)CCCCCCCC(=O)OC(CCCCCCCC)CCCCCCCC. The molecule has 6 heteroatoms. The Kier molecular flexibility index (Phi) is 39.9. The number of hydrogen-bond donors (Lipinski definition) is 0. The molecule has 0 saturated carbocycles. The molecule has 310 valence electrons. The molecular formula is C46H91NO5. The van der Waals surface area contributed by atoms with E-state index < -0.39 is 6.16 Å². The minimum Gasteiger partial charge on any atom is -0.462 e. The Morgan fingerprint density at radius 2 is 0.865 bits per heavy atom. The molecule has 0 aromatic rings. The van der Waals surface area contributed by atoms with E-state index in [-0.39, 0.29) is 18.2 Å². The molecule has 0 aliphatic heterocycles. The number of carbonyl (C=O) groups excluding carboxylic acids is 2. The highest BCUT2D eigenvalue weighted by molar-refractivity contribution is 5.69. The molecule has 0 spiro atoms. The van der Waals surface area contributed by atoms with Gasteiger partial charge in [0.05, 0.1) is 6.61 Å². The van der Waals surface area contributed by atoms with Gasteiger partial charge in [0.2, 0.25) is 0 Å². The highest BCUT2D eigenvalue weighted by Crippen LogP contribution is 2.19. The van der Waals surface area contributed by atoms with E-state index in [2.05, 4.69) is 32.6 Å². The van der Waals surface area contributed by atoms with Crippen molar-refractivity contribution in [3.05, 3.63) is 0 Å². The van der Waals surface area contributed by atoms with Crippen LogP contribution < -0.4 is 0 Å². The van der Waals surface area contributed by atoms with Crippen molar-refractivity contribution in [3.63, 3.8) is 0 Å². The van der Waals surface area contributed by atoms with Gasteiger partial charge < -0.3 is 19.1 Å². The minimum absolute atomic E-state index is 0.0320. The lowest BCUT2D eigenvalue weighted by Crippen LogP contribution is -2.25. The Morgan fingerprint density at radius 1 is 0.462 bits per heavy atom. The summed E-state index contributed by atoms with van der Waals surface area (Å²) in [6, 6.07) is 0. The van der Waals surface area contributed by atoms with Crippen LogP contribution in [0.5, 0.6) is 0 Å². The average Bonchev–Trinajstić information content (AvgIpc) is 3.13. The maximum Gasteiger partial charge on any atom is 0.508 e. The highest BCUT2D eigenvalue weighted by atomic mass is 16.7. The molecule has 0 aliphatic carbocycles. The van der Waals surface area contributed by atoms with Gasteiger partial charge in [0, 0.05) is 6.42 Å². The van der Waals surface area contributed by atoms with E-state index in [4.69, 9.17) is 14.2 Å². The Balaban J connectivity index is 3.88. The predicted octanol–water partition coefficient (Wildman–Crippen LogP) is 14.7. The molecule has 0 amide bonds. The Hall–Kier alpha value is -1.30. The Labute approximate surface area is 325 Å². The normalized spacial score (nSPS) is 12.1. The third-order valence-electron chi connectivity index (χ3n) is 10.7. The molecule has 0 aromatic carbocycles. The summed E-state index contributed by atoms with van der Waals surface area (Å²) in [6.45, 7) is 14.9. The molecule has 0 N–H and O–H groups in total. The van der Waals surface area contributed by atoms with E-state index in [9.17, 15) is 9.59 Å². The summed E-state index contributed by atoms with van der Waals surface area (Å²) in [4.78, 5) is 27.3. The summed E-state index contributed by atoms with van der Waals surface area (Å²) in [5.74, 6) is 0.0320. The zero-order valence-electron chi connectivity index (χ0n) is 35.8. The van der Waals surface area contributed by atoms with E-state index >= 15 is 0 Å². The molecule has 0 aromatic heterocycles. The topological polar surface area (TPSA) is 65.1 Å². The third kappa shape index (κ3) is 37.0. The van der Waals surface area contributed by atoms with Crippen molar-refractivity contribution in [1.82, 2.24) is 4.90 Å². The first-order valence-electron chi connectivity index (χ1n) is 23.2. The number of ether oxygens (including phenoxy) is 3. The van der Waals surface area contributed by atoms with E-state index in [0.717, 1.165) is 71.0 Å². The van der Waals surface area contributed by atoms with E-state index in [1.54, 1.807) is 0 Å². The molecule has 0 saturated heterocycles. The van der Waals surface area contributed by atoms with Gasteiger partial charge in [0.15, 0.2) is 0 Å². The van der Waals surface area contributed by atoms with Crippen molar-refractivity contribution in [3.8, 4) is 0 Å². The van der Waals surface area contributed by atoms with E-state index in [0.29, 0.717) is 13.0 Å². The molecule has 0 heterocycles. The standard InChI is InChI=1S/C46H91NO5/c1-6-10-13-16-19-20-22-29-36-43(5)51-46(49)50-42-35-28-27-34-41-47(9-4)40-33-26-21-25-32-39-45(48)52-44(37-30-23-17-14-11-7-2)38-31-24-18-15-12-8-3/h43-44H,6-42H2,1-5H3. The van der Waals surface area contributed by atoms with Crippen molar-refractivity contribution >= 4 is 12.1 Å². The molecule has 52 heavy (non-hydrogen) atoms. The molecule has 0 bridgehead atoms. The van der Waals surface area contributed by atoms with Crippen LogP contribution in [0.2, 0.25) is 0 Å². The van der Waals surface area contributed by atoms with Gasteiger partial charge in [0.25, 0.3) is 0 Å². The summed E-state index contributed by atoms with van der Waals surface area (Å²) in [5.41, 5.74) is 0. The summed E-state index contributed by atoms with van der Waals surface area (Å²) in [7, 11) is 0. The van der Waals surface area contributed by atoms with Crippen LogP contribution in [0.1, 0.15) is 247 Å². The first-order valence-corrected chi connectivity index (χ1v) is 23.2. The van der Waals surface area contributed by atoms with Crippen molar-refractivity contribution in [1.29, 1.82) is 0 Å². The second-order valence-corrected chi connectivity index (χ2v) is 15.9. The summed E-state index contributed by atoms with van der Waals surface area (Å²) in [6.07, 6.45) is 39.1. The van der Waals surface area contributed by atoms with Gasteiger partial charge in [-0.25, -0.2) is 4.79 Å². The smallest absolute Gasteiger partial charge is 0.462 e. The summed E-state index contributed by atoms with van der Waals surface area (Å²) in [5, 5.41) is 0. The van der Waals surface area contributed by atoms with Gasteiger partial charge in [-0.2, -0.15) is 0 Å². The van der Waals surface area contributed by atoms with Crippen molar-refractivity contribution < 1.29 is 23.8 Å². The molecule has 1 atom stereocenters. The number of carbonyl (C=O) groups is 2. The number of hydrogen-bond acceptors (Lipinski definition) is 6. The fourth-order valence-corrected chi connectivity index (χ4v) is 7.14. The quantitative estimate of drug-likeness (QED) is 0.0460. The molecule has 1 unspecified atom stereocenters. The third-order valence-corrected chi connectivity index (χ3v) is 10.7. The molecule has 0 radical (unpaired) electrons. The zero-order chi connectivity index (χ0) is 38.2. The Bertz CT molecular complexity index is 730. The molecular weight excluding hydrogens is 647 g/mol. The molecule has 0 fully saturated rings. The molecule has 0 aliphatic rings. The lowest BCUT2D eigenvalue weighted by molar-refractivity contribution is -0.150. The van der Waals surface area contributed by atoms with Gasteiger partial charge in [-0.15, -0.1) is 0 Å². The van der Waals surface area contributed by atoms with Crippen molar-refractivity contribution in [2.45, 2.75) is 259 Å². The predicted molar refractivity (Wildman–Crippen MR) is 223 cm³/mol. The first kappa shape index (κ1) is 50.7. The van der Waals surface area contributed by atoms with Crippen LogP contribution in [-0.2, 0) is 19.0 Å². The Morgan fingerprint density at radius 3 is 1.35 bits per heavy atom. The number of unbranched alkanes of at least 4 members (excludes halogenated alkanes) is 24. The van der Waals surface area contributed by atoms with E-state index in [1.165, 1.54) is 154 Å². The van der Waals surface area contributed by atoms with Gasteiger partial charge in [-0.3, -0.25) is 4.79 Å². The van der Waals surface area contributed by atoms with Crippen LogP contribution in [0.3, 0.4) is 0 Å². The van der Waals surface area contributed by atoms with E-state index in [1.807, 2.05) is 6.92 Å². The van der Waals surface area contributed by atoms with Gasteiger partial charge in [-0.05, 0) is 90.8 Å². The summed E-state index contributed by atoms with van der Waals surface area (Å²) < 4.78 is 16.8. The minimum atomic E-state index is -0.504. The average molecular weight is 738 g/mol. The van der Waals surface area contributed by atoms with Crippen LogP contribution in [0.15, 0.2) is 0 Å². The van der Waals surface area contributed by atoms with Crippen molar-refractivity contribution in [2.75, 3.05) is 26.2 Å². The largest absolute Gasteiger partial charge is 0.508 e. The number of nitrogens with zero attached hydrogens (tertiary/aromatic N) is 1. The van der Waals surface area contributed by atoms with Gasteiger partial charge in [0.1, 0.15) is 12.2 Å². The molecule has 0 rings (SSSR count). The van der Waals surface area contributed by atoms with Gasteiger partial charge >= 0.3 is 12.1 Å². The lowest BCUT2D eigenvalue weighted by Gasteiger charge is -2.20. The van der Waals surface area contributed by atoms with Crippen LogP contribution in [0.25, 0.3) is 0 Å². The van der Waals surface area contributed by atoms with Crippen LogP contribution in [-0.4, -0.2) is 55.5 Å². The monoisotopic (exact) mass is 738 g/mol. The molecule has 6 nitrogen and oxygen atoms in total. The summed E-state index contributed by atoms with van der Waals surface area (Å²) >= 11 is 0. The van der Waals surface area contributed by atoms with Crippen LogP contribution >= 0.6 is 0 Å². The fourth-order valence-electron chi connectivity index (χ4n) is 7.14. The van der Waals surface area contributed by atoms with Crippen LogP contribution in [0, 0.1) is 0 Å². The van der Waals surface area contributed by atoms with Crippen molar-refractivity contribution in [2.24, 2.45) is 0 Å². The first-order chi connectivity index (χ1) is 25.5.